The second kappa shape index (κ2) is 8.41. The quantitative estimate of drug-likeness (QED) is 0.785. The highest BCUT2D eigenvalue weighted by atomic mass is 16.5. The van der Waals surface area contributed by atoms with Crippen molar-refractivity contribution in [3.8, 4) is 11.5 Å². The molecular formula is C24H27N3O4. The average Bonchev–Trinajstić information content (AvgIpc) is 3.18. The Morgan fingerprint density at radius 3 is 2.61 bits per heavy atom. The fourth-order valence-electron chi connectivity index (χ4n) is 4.20. The summed E-state index contributed by atoms with van der Waals surface area (Å²) in [6.45, 7) is 3.95. The van der Waals surface area contributed by atoms with Gasteiger partial charge in [-0.25, -0.2) is 0 Å². The summed E-state index contributed by atoms with van der Waals surface area (Å²) < 4.78 is 10.5. The van der Waals surface area contributed by atoms with Gasteiger partial charge < -0.3 is 19.7 Å². The first-order valence-corrected chi connectivity index (χ1v) is 10.4. The van der Waals surface area contributed by atoms with Gasteiger partial charge in [-0.2, -0.15) is 0 Å². The van der Waals surface area contributed by atoms with E-state index in [1.165, 1.54) is 0 Å². The Hall–Kier alpha value is -3.35. The molecule has 2 aliphatic rings. The number of hydrogen-bond donors (Lipinski definition) is 1. The number of hydrogen-bond acceptors (Lipinski definition) is 5. The summed E-state index contributed by atoms with van der Waals surface area (Å²) in [5.41, 5.74) is 5.12. The molecule has 0 unspecified atom stereocenters. The molecule has 2 amide bonds. The van der Waals surface area contributed by atoms with E-state index in [4.69, 9.17) is 14.5 Å². The molecule has 1 fully saturated rings. The Morgan fingerprint density at radius 1 is 1.13 bits per heavy atom. The van der Waals surface area contributed by atoms with Crippen LogP contribution in [-0.4, -0.2) is 38.3 Å². The van der Waals surface area contributed by atoms with Gasteiger partial charge in [-0.3, -0.25) is 14.6 Å². The number of amides is 2. The van der Waals surface area contributed by atoms with Crippen molar-refractivity contribution in [3.05, 3.63) is 41.5 Å². The summed E-state index contributed by atoms with van der Waals surface area (Å²) in [6.07, 6.45) is 2.55. The number of carbonyl (C=O) groups excluding carboxylic acids is 2. The molecule has 0 radical (unpaired) electrons. The van der Waals surface area contributed by atoms with Crippen LogP contribution in [-0.2, 0) is 9.59 Å². The highest BCUT2D eigenvalue weighted by Gasteiger charge is 2.37. The van der Waals surface area contributed by atoms with Crippen LogP contribution < -0.4 is 19.7 Å². The molecule has 1 saturated carbocycles. The van der Waals surface area contributed by atoms with Gasteiger partial charge in [0.25, 0.3) is 0 Å². The predicted molar refractivity (Wildman–Crippen MR) is 121 cm³/mol. The minimum Gasteiger partial charge on any atom is -0.493 e. The minimum absolute atomic E-state index is 0.0549. The molecule has 0 aromatic heterocycles. The largest absolute Gasteiger partial charge is 0.493 e. The van der Waals surface area contributed by atoms with Crippen LogP contribution in [0.15, 0.2) is 35.3 Å². The molecule has 1 heterocycles. The molecule has 31 heavy (non-hydrogen) atoms. The number of benzene rings is 2. The van der Waals surface area contributed by atoms with Crippen molar-refractivity contribution < 1.29 is 19.1 Å². The number of aryl methyl sites for hydroxylation is 2. The average molecular weight is 421 g/mol. The number of nitrogens with zero attached hydrogens (tertiary/aromatic N) is 2. The van der Waals surface area contributed by atoms with Gasteiger partial charge in [0, 0.05) is 17.5 Å². The van der Waals surface area contributed by atoms with E-state index < -0.39 is 0 Å². The van der Waals surface area contributed by atoms with E-state index in [1.807, 2.05) is 26.0 Å². The molecule has 1 aliphatic heterocycles. The molecule has 1 atom stereocenters. The number of methoxy groups -OCH3 is 2. The zero-order valence-corrected chi connectivity index (χ0v) is 18.3. The number of nitrogens with one attached hydrogen (secondary N) is 1. The molecule has 7 heteroatoms. The summed E-state index contributed by atoms with van der Waals surface area (Å²) in [6, 6.07) is 9.12. The maximum absolute atomic E-state index is 13.4. The zero-order valence-electron chi connectivity index (χ0n) is 18.3. The zero-order chi connectivity index (χ0) is 22.1. The van der Waals surface area contributed by atoms with E-state index in [0.29, 0.717) is 22.9 Å². The Morgan fingerprint density at radius 2 is 1.87 bits per heavy atom. The lowest BCUT2D eigenvalue weighted by molar-refractivity contribution is -0.122. The lowest BCUT2D eigenvalue weighted by Crippen LogP contribution is -2.42. The summed E-state index contributed by atoms with van der Waals surface area (Å²) in [5.74, 6) is 0.509. The molecule has 2 aromatic carbocycles. The maximum Gasteiger partial charge on any atom is 0.244 e. The fraction of sp³-hybridized carbons (Fsp3) is 0.375. The van der Waals surface area contributed by atoms with Crippen LogP contribution in [0.25, 0.3) is 0 Å². The first-order valence-electron chi connectivity index (χ1n) is 10.4. The van der Waals surface area contributed by atoms with Crippen molar-refractivity contribution in [2.45, 2.75) is 33.1 Å². The van der Waals surface area contributed by atoms with Gasteiger partial charge in [-0.1, -0.05) is 0 Å². The third kappa shape index (κ3) is 4.00. The van der Waals surface area contributed by atoms with E-state index in [9.17, 15) is 9.59 Å². The Labute approximate surface area is 182 Å². The van der Waals surface area contributed by atoms with Crippen molar-refractivity contribution in [1.82, 2.24) is 0 Å². The molecule has 0 spiro atoms. The Balaban J connectivity index is 1.62. The second-order valence-corrected chi connectivity index (χ2v) is 8.02. The van der Waals surface area contributed by atoms with Gasteiger partial charge in [-0.15, -0.1) is 0 Å². The molecule has 0 saturated heterocycles. The number of aliphatic imine (C=N–C) groups is 1. The SMILES string of the molecule is COc1ccc(NC(=O)CN2C(=O)[C@@H]3CCCC3=Nc3cc(C)c(C)cc32)cc1OC. The highest BCUT2D eigenvalue weighted by Crippen LogP contribution is 2.39. The van der Waals surface area contributed by atoms with Crippen LogP contribution in [0, 0.1) is 19.8 Å². The number of carbonyl (C=O) groups is 2. The van der Waals surface area contributed by atoms with Crippen molar-refractivity contribution in [1.29, 1.82) is 0 Å². The smallest absolute Gasteiger partial charge is 0.244 e. The summed E-state index contributed by atoms with van der Waals surface area (Å²) in [4.78, 5) is 32.7. The van der Waals surface area contributed by atoms with Crippen molar-refractivity contribution >= 4 is 34.6 Å². The topological polar surface area (TPSA) is 80.2 Å². The van der Waals surface area contributed by atoms with Crippen molar-refractivity contribution in [3.63, 3.8) is 0 Å². The Kier molecular flexibility index (Phi) is 5.67. The monoisotopic (exact) mass is 421 g/mol. The molecule has 1 N–H and O–H groups in total. The highest BCUT2D eigenvalue weighted by molar-refractivity contribution is 6.17. The maximum atomic E-state index is 13.4. The van der Waals surface area contributed by atoms with Crippen LogP contribution in [0.2, 0.25) is 0 Å². The lowest BCUT2D eigenvalue weighted by Gasteiger charge is -2.25. The van der Waals surface area contributed by atoms with E-state index in [-0.39, 0.29) is 24.3 Å². The Bertz CT molecular complexity index is 1080. The van der Waals surface area contributed by atoms with E-state index in [0.717, 1.165) is 41.8 Å². The number of rotatable bonds is 5. The number of anilines is 2. The van der Waals surface area contributed by atoms with Gasteiger partial charge in [0.15, 0.2) is 11.5 Å². The molecule has 1 aliphatic carbocycles. The third-order valence-electron chi connectivity index (χ3n) is 6.01. The standard InChI is InChI=1S/C24H27N3O4/c1-14-10-19-20(11-15(14)2)27(24(29)17-6-5-7-18(17)26-19)13-23(28)25-16-8-9-21(30-3)22(12-16)31-4/h8-12,17H,5-7,13H2,1-4H3,(H,25,28)/t17-/m1/s1. The van der Waals surface area contributed by atoms with E-state index in [2.05, 4.69) is 5.32 Å². The van der Waals surface area contributed by atoms with Gasteiger partial charge in [0.2, 0.25) is 11.8 Å². The molecular weight excluding hydrogens is 394 g/mol. The summed E-state index contributed by atoms with van der Waals surface area (Å²) >= 11 is 0. The lowest BCUT2D eigenvalue weighted by atomic mass is 10.0. The van der Waals surface area contributed by atoms with Crippen LogP contribution in [0.3, 0.4) is 0 Å². The minimum atomic E-state index is -0.286. The van der Waals surface area contributed by atoms with Crippen LogP contribution in [0.1, 0.15) is 30.4 Å². The molecule has 162 valence electrons. The fourth-order valence-corrected chi connectivity index (χ4v) is 4.20. The van der Waals surface area contributed by atoms with Crippen molar-refractivity contribution in [2.75, 3.05) is 31.0 Å². The molecule has 7 nitrogen and oxygen atoms in total. The van der Waals surface area contributed by atoms with Gasteiger partial charge in [-0.05, 0) is 68.5 Å². The number of fused-ring (bicyclic) bond motifs is 2. The summed E-state index contributed by atoms with van der Waals surface area (Å²) in [7, 11) is 3.10. The van der Waals surface area contributed by atoms with Gasteiger partial charge in [0.1, 0.15) is 6.54 Å². The van der Waals surface area contributed by atoms with Crippen molar-refractivity contribution in [2.24, 2.45) is 10.9 Å². The normalized spacial score (nSPS) is 17.4. The first-order chi connectivity index (χ1) is 14.9. The van der Waals surface area contributed by atoms with Crippen LogP contribution >= 0.6 is 0 Å². The second-order valence-electron chi connectivity index (χ2n) is 8.02. The van der Waals surface area contributed by atoms with E-state index in [1.54, 1.807) is 37.3 Å². The third-order valence-corrected chi connectivity index (χ3v) is 6.01. The molecule has 0 bridgehead atoms. The van der Waals surface area contributed by atoms with Gasteiger partial charge >= 0.3 is 0 Å². The number of ether oxygens (including phenoxy) is 2. The van der Waals surface area contributed by atoms with Crippen LogP contribution in [0.5, 0.6) is 11.5 Å². The predicted octanol–water partition coefficient (Wildman–Crippen LogP) is 4.18. The van der Waals surface area contributed by atoms with Gasteiger partial charge in [0.05, 0.1) is 31.5 Å². The first kappa shape index (κ1) is 20.9. The van der Waals surface area contributed by atoms with E-state index >= 15 is 0 Å². The summed E-state index contributed by atoms with van der Waals surface area (Å²) in [5, 5.41) is 2.87. The van der Waals surface area contributed by atoms with Crippen LogP contribution in [0.4, 0.5) is 17.1 Å². The molecule has 4 rings (SSSR count). The molecule has 2 aromatic rings.